The smallest absolute Gasteiger partial charge is 0.0590 e. The van der Waals surface area contributed by atoms with Crippen LogP contribution in [0.3, 0.4) is 0 Å². The Morgan fingerprint density at radius 1 is 0.325 bits per heavy atom. The molecule has 0 saturated heterocycles. The van der Waals surface area contributed by atoms with Crippen LogP contribution in [0.1, 0.15) is 130 Å². The zero-order valence-corrected chi connectivity index (χ0v) is 25.8. The zero-order chi connectivity index (χ0) is 30.2. The molecular weight excluding hydrogens is 512 g/mol. The quantitative estimate of drug-likeness (QED) is 0.203. The molecule has 12 atom stereocenters. The van der Waals surface area contributed by atoms with Crippen LogP contribution in [-0.4, -0.2) is 89.7 Å². The molecule has 8 heteroatoms. The monoisotopic (exact) mass is 576 g/mol. The van der Waals surface area contributed by atoms with Crippen LogP contribution < -0.4 is 0 Å². The van der Waals surface area contributed by atoms with E-state index in [4.69, 9.17) is 0 Å². The lowest BCUT2D eigenvalue weighted by Crippen LogP contribution is -2.20. The number of aliphatic hydroxyl groups excluding tert-OH is 8. The molecule has 8 N–H and O–H groups in total. The SMILES string of the molecule is CC1CC(O)CCCC1O.CC1CCC(O)CC(O)C1.CC1CCC(O)CCC1O.CC1CCCC(O)CC1O. The molecule has 0 radical (unpaired) electrons. The van der Waals surface area contributed by atoms with E-state index in [0.29, 0.717) is 30.6 Å². The minimum Gasteiger partial charge on any atom is -0.393 e. The highest BCUT2D eigenvalue weighted by Gasteiger charge is 2.23. The van der Waals surface area contributed by atoms with Gasteiger partial charge in [-0.15, -0.1) is 0 Å². The molecule has 4 aliphatic carbocycles. The van der Waals surface area contributed by atoms with Gasteiger partial charge in [0, 0.05) is 0 Å². The number of hydrogen-bond donors (Lipinski definition) is 8. The molecular formula is C32H64O8. The van der Waals surface area contributed by atoms with Crippen molar-refractivity contribution in [1.29, 1.82) is 0 Å². The van der Waals surface area contributed by atoms with Gasteiger partial charge in [0.05, 0.1) is 48.8 Å². The number of rotatable bonds is 0. The average Bonchev–Trinajstić information content (AvgIpc) is 3.27. The molecule has 0 aromatic rings. The lowest BCUT2D eigenvalue weighted by molar-refractivity contribution is 0.0610. The van der Waals surface area contributed by atoms with Crippen molar-refractivity contribution in [3.63, 3.8) is 0 Å². The predicted octanol–water partition coefficient (Wildman–Crippen LogP) is 3.67. The van der Waals surface area contributed by atoms with E-state index in [1.165, 1.54) is 0 Å². The fraction of sp³-hybridized carbons (Fsp3) is 1.00. The van der Waals surface area contributed by atoms with Gasteiger partial charge in [-0.05, 0) is 120 Å². The van der Waals surface area contributed by atoms with Crippen LogP contribution in [0.25, 0.3) is 0 Å². The molecule has 0 aromatic carbocycles. The third-order valence-corrected chi connectivity index (χ3v) is 9.32. The molecule has 0 aliphatic heterocycles. The first-order chi connectivity index (χ1) is 18.8. The second kappa shape index (κ2) is 20.6. The maximum absolute atomic E-state index is 9.37. The Morgan fingerprint density at radius 3 is 1.50 bits per heavy atom. The number of hydrogen-bond acceptors (Lipinski definition) is 8. The van der Waals surface area contributed by atoms with E-state index >= 15 is 0 Å². The summed E-state index contributed by atoms with van der Waals surface area (Å²) >= 11 is 0. The van der Waals surface area contributed by atoms with Crippen molar-refractivity contribution in [1.82, 2.24) is 0 Å². The van der Waals surface area contributed by atoms with Gasteiger partial charge in [0.15, 0.2) is 0 Å². The van der Waals surface area contributed by atoms with E-state index in [2.05, 4.69) is 6.92 Å². The van der Waals surface area contributed by atoms with E-state index in [1.54, 1.807) is 0 Å². The molecule has 0 aromatic heterocycles. The molecule has 0 bridgehead atoms. The lowest BCUT2D eigenvalue weighted by Gasteiger charge is -2.15. The second-order valence-corrected chi connectivity index (χ2v) is 13.5. The summed E-state index contributed by atoms with van der Waals surface area (Å²) in [6, 6.07) is 0. The van der Waals surface area contributed by atoms with E-state index in [9.17, 15) is 40.9 Å². The van der Waals surface area contributed by atoms with Gasteiger partial charge in [0.25, 0.3) is 0 Å². The maximum Gasteiger partial charge on any atom is 0.0590 e. The second-order valence-electron chi connectivity index (χ2n) is 13.5. The van der Waals surface area contributed by atoms with Crippen LogP contribution in [0, 0.1) is 23.7 Å². The molecule has 4 aliphatic rings. The van der Waals surface area contributed by atoms with Crippen LogP contribution in [0.4, 0.5) is 0 Å². The first-order valence-electron chi connectivity index (χ1n) is 16.2. The first-order valence-corrected chi connectivity index (χ1v) is 16.2. The van der Waals surface area contributed by atoms with E-state index in [-0.39, 0.29) is 54.7 Å². The van der Waals surface area contributed by atoms with Crippen LogP contribution >= 0.6 is 0 Å². The van der Waals surface area contributed by atoms with Gasteiger partial charge >= 0.3 is 0 Å². The number of aliphatic hydroxyl groups is 8. The van der Waals surface area contributed by atoms with Gasteiger partial charge in [0.1, 0.15) is 0 Å². The minimum atomic E-state index is -0.280. The highest BCUT2D eigenvalue weighted by Crippen LogP contribution is 2.25. The molecule has 240 valence electrons. The van der Waals surface area contributed by atoms with Crippen molar-refractivity contribution in [2.75, 3.05) is 0 Å². The minimum absolute atomic E-state index is 0.167. The van der Waals surface area contributed by atoms with Gasteiger partial charge in [-0.2, -0.15) is 0 Å². The van der Waals surface area contributed by atoms with Crippen molar-refractivity contribution in [3.05, 3.63) is 0 Å². The standard InChI is InChI=1S/4C8H16O2/c1-6-2-3-7(9)5-8(10)4-6;1-6-2-3-7(9)4-5-8(6)10;1-6-5-7(9)3-2-4-8(6)10;1-6-3-2-4-7(9)5-8(6)10/h4*6-10H,2-5H2,1H3. The van der Waals surface area contributed by atoms with E-state index in [1.807, 2.05) is 20.8 Å². The van der Waals surface area contributed by atoms with Crippen molar-refractivity contribution in [2.24, 2.45) is 23.7 Å². The average molecular weight is 577 g/mol. The van der Waals surface area contributed by atoms with Crippen LogP contribution in [-0.2, 0) is 0 Å². The van der Waals surface area contributed by atoms with Gasteiger partial charge in [-0.1, -0.05) is 34.1 Å². The summed E-state index contributed by atoms with van der Waals surface area (Å²) in [6.45, 7) is 8.21. The summed E-state index contributed by atoms with van der Waals surface area (Å²) < 4.78 is 0. The molecule has 0 amide bonds. The molecule has 40 heavy (non-hydrogen) atoms. The van der Waals surface area contributed by atoms with Crippen molar-refractivity contribution in [3.8, 4) is 0 Å². The van der Waals surface area contributed by atoms with Crippen LogP contribution in [0.2, 0.25) is 0 Å². The van der Waals surface area contributed by atoms with E-state index < -0.39 is 0 Å². The van der Waals surface area contributed by atoms with Crippen molar-refractivity contribution < 1.29 is 40.9 Å². The van der Waals surface area contributed by atoms with Crippen LogP contribution in [0.15, 0.2) is 0 Å². The maximum atomic E-state index is 9.37. The third-order valence-electron chi connectivity index (χ3n) is 9.32. The van der Waals surface area contributed by atoms with Crippen LogP contribution in [0.5, 0.6) is 0 Å². The fourth-order valence-electron chi connectivity index (χ4n) is 6.08. The molecule has 4 saturated carbocycles. The molecule has 0 heterocycles. The Hall–Kier alpha value is -0.320. The Labute approximate surface area is 243 Å². The fourth-order valence-corrected chi connectivity index (χ4v) is 6.08. The Bertz CT molecular complexity index is 572. The van der Waals surface area contributed by atoms with Crippen molar-refractivity contribution in [2.45, 2.75) is 179 Å². The molecule has 4 fully saturated rings. The summed E-state index contributed by atoms with van der Waals surface area (Å²) in [7, 11) is 0. The molecule has 12 unspecified atom stereocenters. The first kappa shape index (κ1) is 37.7. The summed E-state index contributed by atoms with van der Waals surface area (Å²) in [5.74, 6) is 1.60. The summed E-state index contributed by atoms with van der Waals surface area (Å²) in [6.07, 6.45) is 11.9. The molecule has 0 spiro atoms. The van der Waals surface area contributed by atoms with Gasteiger partial charge in [-0.25, -0.2) is 0 Å². The normalized spacial score (nSPS) is 42.9. The molecule has 8 nitrogen and oxygen atoms in total. The zero-order valence-electron chi connectivity index (χ0n) is 25.8. The van der Waals surface area contributed by atoms with E-state index in [0.717, 1.165) is 89.9 Å². The Balaban J connectivity index is 0.000000267. The summed E-state index contributed by atoms with van der Waals surface area (Å²) in [5, 5.41) is 74.3. The highest BCUT2D eigenvalue weighted by atomic mass is 16.3. The summed E-state index contributed by atoms with van der Waals surface area (Å²) in [5.41, 5.74) is 0. The van der Waals surface area contributed by atoms with Gasteiger partial charge in [0.2, 0.25) is 0 Å². The van der Waals surface area contributed by atoms with Gasteiger partial charge in [-0.3, -0.25) is 0 Å². The summed E-state index contributed by atoms with van der Waals surface area (Å²) in [4.78, 5) is 0. The predicted molar refractivity (Wildman–Crippen MR) is 159 cm³/mol. The highest BCUT2D eigenvalue weighted by molar-refractivity contribution is 4.75. The third kappa shape index (κ3) is 17.0. The Morgan fingerprint density at radius 2 is 0.825 bits per heavy atom. The Kier molecular flexibility index (Phi) is 19.4. The van der Waals surface area contributed by atoms with Crippen molar-refractivity contribution >= 4 is 0 Å². The lowest BCUT2D eigenvalue weighted by atomic mass is 9.99. The van der Waals surface area contributed by atoms with Gasteiger partial charge < -0.3 is 40.9 Å². The largest absolute Gasteiger partial charge is 0.393 e. The molecule has 4 rings (SSSR count). The topological polar surface area (TPSA) is 162 Å².